The van der Waals surface area contributed by atoms with Crippen LogP contribution >= 0.6 is 0 Å². The van der Waals surface area contributed by atoms with Gasteiger partial charge in [0.15, 0.2) is 0 Å². The molecule has 3 aromatic rings. The van der Waals surface area contributed by atoms with E-state index in [1.807, 2.05) is 47.4 Å². The lowest BCUT2D eigenvalue weighted by molar-refractivity contribution is 0.0648. The summed E-state index contributed by atoms with van der Waals surface area (Å²) < 4.78 is 0. The second-order valence-electron chi connectivity index (χ2n) is 6.74. The molecule has 2 aromatic carbocycles. The van der Waals surface area contributed by atoms with Crippen molar-refractivity contribution >= 4 is 16.9 Å². The summed E-state index contributed by atoms with van der Waals surface area (Å²) in [5.74, 6) is 0.558. The summed E-state index contributed by atoms with van der Waals surface area (Å²) in [6, 6.07) is 18.0. The van der Waals surface area contributed by atoms with E-state index >= 15 is 0 Å². The number of nitrogens with zero attached hydrogens (tertiary/aromatic N) is 3. The quantitative estimate of drug-likeness (QED) is 0.708. The highest BCUT2D eigenvalue weighted by molar-refractivity contribution is 5.94. The number of para-hydroxylation sites is 2. The standard InChI is InChI=1S/C21H21N3O/c1-15(17-11-12-17)24(14-16-7-3-2-4-8-16)21(25)20-13-22-18-9-5-6-10-19(18)23-20/h2-10,13,15,17H,11-12,14H2,1H3. The molecule has 1 amide bonds. The van der Waals surface area contributed by atoms with Crippen molar-refractivity contribution in [2.45, 2.75) is 32.4 Å². The van der Waals surface area contributed by atoms with Crippen LogP contribution in [0, 0.1) is 5.92 Å². The summed E-state index contributed by atoms with van der Waals surface area (Å²) in [4.78, 5) is 24.1. The Labute approximate surface area is 147 Å². The van der Waals surface area contributed by atoms with Gasteiger partial charge in [-0.1, -0.05) is 42.5 Å². The molecule has 1 aromatic heterocycles. The van der Waals surface area contributed by atoms with Crippen molar-refractivity contribution < 1.29 is 4.79 Å². The van der Waals surface area contributed by atoms with Gasteiger partial charge in [0.1, 0.15) is 5.69 Å². The average molecular weight is 331 g/mol. The van der Waals surface area contributed by atoms with Crippen molar-refractivity contribution in [3.63, 3.8) is 0 Å². The SMILES string of the molecule is CC(C1CC1)N(Cc1ccccc1)C(=O)c1cnc2ccccc2n1. The minimum atomic E-state index is -0.0403. The number of hydrogen-bond donors (Lipinski definition) is 0. The van der Waals surface area contributed by atoms with E-state index in [0.717, 1.165) is 16.6 Å². The zero-order valence-corrected chi connectivity index (χ0v) is 14.3. The molecule has 4 heteroatoms. The number of aromatic nitrogens is 2. The van der Waals surface area contributed by atoms with Crippen molar-refractivity contribution in [2.24, 2.45) is 5.92 Å². The smallest absolute Gasteiger partial charge is 0.274 e. The van der Waals surface area contributed by atoms with Gasteiger partial charge in [0.25, 0.3) is 5.91 Å². The fourth-order valence-corrected chi connectivity index (χ4v) is 3.22. The highest BCUT2D eigenvalue weighted by Gasteiger charge is 2.35. The number of benzene rings is 2. The van der Waals surface area contributed by atoms with Crippen LogP contribution < -0.4 is 0 Å². The lowest BCUT2D eigenvalue weighted by Crippen LogP contribution is -2.39. The molecule has 1 aliphatic rings. The van der Waals surface area contributed by atoms with Gasteiger partial charge in [-0.05, 0) is 43.4 Å². The molecular weight excluding hydrogens is 310 g/mol. The Balaban J connectivity index is 1.65. The fourth-order valence-electron chi connectivity index (χ4n) is 3.22. The topological polar surface area (TPSA) is 46.1 Å². The van der Waals surface area contributed by atoms with Gasteiger partial charge in [-0.3, -0.25) is 9.78 Å². The maximum absolute atomic E-state index is 13.2. The maximum Gasteiger partial charge on any atom is 0.274 e. The second-order valence-corrected chi connectivity index (χ2v) is 6.74. The largest absolute Gasteiger partial charge is 0.330 e. The minimum Gasteiger partial charge on any atom is -0.330 e. The second kappa shape index (κ2) is 6.63. The Morgan fingerprint density at radius 3 is 2.48 bits per heavy atom. The van der Waals surface area contributed by atoms with E-state index in [2.05, 4.69) is 29.0 Å². The average Bonchev–Trinajstić information content (AvgIpc) is 3.51. The molecule has 4 rings (SSSR count). The van der Waals surface area contributed by atoms with Crippen molar-refractivity contribution in [1.82, 2.24) is 14.9 Å². The van der Waals surface area contributed by atoms with Crippen LogP contribution in [0.1, 0.15) is 35.8 Å². The molecule has 1 aliphatic carbocycles. The molecule has 0 radical (unpaired) electrons. The van der Waals surface area contributed by atoms with Crippen molar-refractivity contribution in [3.8, 4) is 0 Å². The third kappa shape index (κ3) is 3.38. The van der Waals surface area contributed by atoms with Gasteiger partial charge in [0.05, 0.1) is 17.2 Å². The molecule has 1 atom stereocenters. The lowest BCUT2D eigenvalue weighted by atomic mass is 10.1. The molecule has 0 bridgehead atoms. The van der Waals surface area contributed by atoms with Crippen LogP contribution in [0.4, 0.5) is 0 Å². The monoisotopic (exact) mass is 331 g/mol. The molecule has 25 heavy (non-hydrogen) atoms. The molecule has 0 saturated heterocycles. The predicted octanol–water partition coefficient (Wildman–Crippen LogP) is 4.07. The highest BCUT2D eigenvalue weighted by atomic mass is 16.2. The van der Waals surface area contributed by atoms with Crippen LogP contribution in [0.3, 0.4) is 0 Å². The number of rotatable bonds is 5. The summed E-state index contributed by atoms with van der Waals surface area (Å²) in [7, 11) is 0. The third-order valence-corrected chi connectivity index (χ3v) is 4.92. The van der Waals surface area contributed by atoms with Gasteiger partial charge < -0.3 is 4.90 Å². The van der Waals surface area contributed by atoms with E-state index in [1.165, 1.54) is 12.8 Å². The molecule has 0 N–H and O–H groups in total. The molecule has 1 saturated carbocycles. The van der Waals surface area contributed by atoms with Gasteiger partial charge in [-0.25, -0.2) is 4.98 Å². The van der Waals surface area contributed by atoms with E-state index < -0.39 is 0 Å². The first-order valence-electron chi connectivity index (χ1n) is 8.79. The number of carbonyl (C=O) groups excluding carboxylic acids is 1. The molecule has 1 unspecified atom stereocenters. The first-order chi connectivity index (χ1) is 12.2. The van der Waals surface area contributed by atoms with Gasteiger partial charge >= 0.3 is 0 Å². The zero-order chi connectivity index (χ0) is 17.2. The van der Waals surface area contributed by atoms with Gasteiger partial charge in [0, 0.05) is 12.6 Å². The van der Waals surface area contributed by atoms with Crippen LogP contribution in [-0.4, -0.2) is 26.8 Å². The molecule has 1 fully saturated rings. The molecule has 126 valence electrons. The number of fused-ring (bicyclic) bond motifs is 1. The minimum absolute atomic E-state index is 0.0403. The van der Waals surface area contributed by atoms with Gasteiger partial charge in [-0.15, -0.1) is 0 Å². The highest BCUT2D eigenvalue weighted by Crippen LogP contribution is 2.36. The lowest BCUT2D eigenvalue weighted by Gasteiger charge is -2.29. The van der Waals surface area contributed by atoms with E-state index in [4.69, 9.17) is 0 Å². The summed E-state index contributed by atoms with van der Waals surface area (Å²) in [6.07, 6.45) is 3.99. The van der Waals surface area contributed by atoms with Crippen LogP contribution in [0.25, 0.3) is 11.0 Å². The predicted molar refractivity (Wildman–Crippen MR) is 98.0 cm³/mol. The van der Waals surface area contributed by atoms with E-state index in [0.29, 0.717) is 18.2 Å². The van der Waals surface area contributed by atoms with E-state index in [-0.39, 0.29) is 11.9 Å². The number of hydrogen-bond acceptors (Lipinski definition) is 3. The van der Waals surface area contributed by atoms with Crippen molar-refractivity contribution in [2.75, 3.05) is 0 Å². The third-order valence-electron chi connectivity index (χ3n) is 4.92. The van der Waals surface area contributed by atoms with E-state index in [9.17, 15) is 4.79 Å². The van der Waals surface area contributed by atoms with Crippen molar-refractivity contribution in [3.05, 3.63) is 72.1 Å². The van der Waals surface area contributed by atoms with Crippen molar-refractivity contribution in [1.29, 1.82) is 0 Å². The first kappa shape index (κ1) is 15.8. The normalized spacial score (nSPS) is 15.1. The number of carbonyl (C=O) groups is 1. The van der Waals surface area contributed by atoms with Crippen LogP contribution in [0.2, 0.25) is 0 Å². The summed E-state index contributed by atoms with van der Waals surface area (Å²) in [5.41, 5.74) is 3.12. The molecule has 4 nitrogen and oxygen atoms in total. The molecular formula is C21H21N3O. The maximum atomic E-state index is 13.2. The van der Waals surface area contributed by atoms with Gasteiger partial charge in [0.2, 0.25) is 0 Å². The Kier molecular flexibility index (Phi) is 4.18. The summed E-state index contributed by atoms with van der Waals surface area (Å²) >= 11 is 0. The van der Waals surface area contributed by atoms with Crippen LogP contribution in [0.5, 0.6) is 0 Å². The Hall–Kier alpha value is -2.75. The van der Waals surface area contributed by atoms with E-state index in [1.54, 1.807) is 6.20 Å². The Bertz CT molecular complexity index is 890. The molecule has 0 spiro atoms. The molecule has 0 aliphatic heterocycles. The summed E-state index contributed by atoms with van der Waals surface area (Å²) in [6.45, 7) is 2.75. The summed E-state index contributed by atoms with van der Waals surface area (Å²) in [5, 5.41) is 0. The van der Waals surface area contributed by atoms with Gasteiger partial charge in [-0.2, -0.15) is 0 Å². The molecule has 1 heterocycles. The first-order valence-corrected chi connectivity index (χ1v) is 8.79. The van der Waals surface area contributed by atoms with Crippen LogP contribution in [0.15, 0.2) is 60.8 Å². The van der Waals surface area contributed by atoms with Crippen LogP contribution in [-0.2, 0) is 6.54 Å². The number of amides is 1. The zero-order valence-electron chi connectivity index (χ0n) is 14.3. The fraction of sp³-hybridized carbons (Fsp3) is 0.286. The Morgan fingerprint density at radius 2 is 1.76 bits per heavy atom. The Morgan fingerprint density at radius 1 is 1.08 bits per heavy atom.